The van der Waals surface area contributed by atoms with Crippen LogP contribution in [0.5, 0.6) is 0 Å². The third-order valence-corrected chi connectivity index (χ3v) is 30.1. The predicted octanol–water partition coefficient (Wildman–Crippen LogP) is 31.5. The van der Waals surface area contributed by atoms with E-state index in [1.165, 1.54) is 249 Å². The van der Waals surface area contributed by atoms with Crippen LogP contribution >= 0.6 is 0 Å². The van der Waals surface area contributed by atoms with Crippen LogP contribution in [0.25, 0.3) is 165 Å². The number of aryl methyl sites for hydroxylation is 5. The smallest absolute Gasteiger partial charge is 0.000421 e. The van der Waals surface area contributed by atoms with Crippen LogP contribution in [0.1, 0.15) is 139 Å². The summed E-state index contributed by atoms with van der Waals surface area (Å²) in [5.41, 5.74) is 66.1. The molecule has 0 fully saturated rings. The second kappa shape index (κ2) is 27.9. The fraction of sp³-hybridized carbons (Fsp3) is 0.120. The number of fused-ring (bicyclic) bond motifs is 44. The van der Waals surface area contributed by atoms with Gasteiger partial charge in [-0.2, -0.15) is 0 Å². The summed E-state index contributed by atoms with van der Waals surface area (Å²) in [5, 5.41) is 13.8. The van der Waals surface area contributed by atoms with Gasteiger partial charge in [-0.3, -0.25) is 0 Å². The second-order valence-electron chi connectivity index (χ2n) is 37.2. The molecular formula is C125H90. The number of benzene rings is 20. The Hall–Kier alpha value is -14.3. The minimum absolute atomic E-state index is 1.07. The van der Waals surface area contributed by atoms with Gasteiger partial charge >= 0.3 is 0 Å². The molecular weight excluding hydrogens is 1500 g/mol. The molecule has 20 aromatic rings. The summed E-state index contributed by atoms with van der Waals surface area (Å²) >= 11 is 0. The molecule has 0 aliphatic heterocycles. The highest BCUT2D eigenvalue weighted by Crippen LogP contribution is 2.55. The molecule has 10 aliphatic rings. The summed E-state index contributed by atoms with van der Waals surface area (Å²) < 4.78 is 0. The average Bonchev–Trinajstić information content (AvgIpc) is 1.60. The molecule has 0 N–H and O–H groups in total. The van der Waals surface area contributed by atoms with E-state index < -0.39 is 0 Å². The van der Waals surface area contributed by atoms with Gasteiger partial charge in [0.25, 0.3) is 0 Å². The lowest BCUT2D eigenvalue weighted by Gasteiger charge is -2.10. The van der Waals surface area contributed by atoms with Crippen LogP contribution in [0.15, 0.2) is 334 Å². The molecule has 30 rings (SSSR count). The molecule has 0 heterocycles. The van der Waals surface area contributed by atoms with Crippen LogP contribution in [0.3, 0.4) is 0 Å². The molecule has 0 amide bonds. The normalized spacial score (nSPS) is 13.5. The lowest BCUT2D eigenvalue weighted by Crippen LogP contribution is -1.91. The maximum Gasteiger partial charge on any atom is -0.000421 e. The molecule has 0 saturated heterocycles. The van der Waals surface area contributed by atoms with E-state index in [1.54, 1.807) is 55.6 Å². The molecule has 0 atom stereocenters. The van der Waals surface area contributed by atoms with Gasteiger partial charge in [-0.05, 0) is 387 Å². The topological polar surface area (TPSA) is 0 Å². The standard InChI is InChI=1S/5C25H18/c1-15-12-17-14-24-22(25(17)21-9-5-4-7-18(15)21)11-10-20-19-8-3-2-6-16(19)13-23(20)24;1-15-6-9-19-18(12-15)14-23-21(19)10-11-22-24(23)13-17-8-7-16-4-2-3-5-20(16)25(17)22;1-15-6-8-19-17(12-15)7-9-21-22-11-10-20-18-5-3-2-4-16(18)13-23(20)25(22)14-24(19)21;1-15-6-8-19-17(12-15)13-23-20(19)10-11-22-21-9-7-16-4-2-3-5-18(16)24(21)14-25(22)23;1-15-6-7-20-18(10-15)13-24-21(20)8-9-22-23-12-17-5-3-2-4-16(17)11-19(23)14-25(22)24/h5*2-12H,13-14H2,1H3. The lowest BCUT2D eigenvalue weighted by atomic mass is 9.93. The van der Waals surface area contributed by atoms with Gasteiger partial charge in [-0.25, -0.2) is 0 Å². The van der Waals surface area contributed by atoms with Gasteiger partial charge in [0.1, 0.15) is 0 Å². The van der Waals surface area contributed by atoms with Crippen molar-refractivity contribution in [3.63, 3.8) is 0 Å². The first-order chi connectivity index (χ1) is 61.5. The van der Waals surface area contributed by atoms with E-state index >= 15 is 0 Å². The van der Waals surface area contributed by atoms with Gasteiger partial charge in [0.15, 0.2) is 0 Å². The maximum atomic E-state index is 2.41. The lowest BCUT2D eigenvalue weighted by molar-refractivity contribution is 1.16. The summed E-state index contributed by atoms with van der Waals surface area (Å²) in [5.74, 6) is 0. The zero-order valence-corrected chi connectivity index (χ0v) is 71.3. The van der Waals surface area contributed by atoms with Gasteiger partial charge in [0.2, 0.25) is 0 Å². The maximum absolute atomic E-state index is 2.41. The van der Waals surface area contributed by atoms with Crippen molar-refractivity contribution < 1.29 is 0 Å². The van der Waals surface area contributed by atoms with Crippen molar-refractivity contribution in [3.8, 4) is 111 Å². The zero-order chi connectivity index (χ0) is 82.7. The average molecular weight is 1590 g/mol. The molecule has 20 aromatic carbocycles. The largest absolute Gasteiger partial charge is 0.0619 e. The highest BCUT2D eigenvalue weighted by molar-refractivity contribution is 6.06. The first kappa shape index (κ1) is 72.3. The van der Waals surface area contributed by atoms with E-state index in [4.69, 9.17) is 0 Å². The Morgan fingerprint density at radius 2 is 0.432 bits per heavy atom. The Morgan fingerprint density at radius 3 is 0.952 bits per heavy atom. The fourth-order valence-corrected chi connectivity index (χ4v) is 24.4. The molecule has 0 spiro atoms. The highest BCUT2D eigenvalue weighted by Gasteiger charge is 2.36. The molecule has 590 valence electrons. The van der Waals surface area contributed by atoms with Crippen molar-refractivity contribution >= 4 is 53.9 Å². The fourth-order valence-electron chi connectivity index (χ4n) is 24.4. The first-order valence-corrected chi connectivity index (χ1v) is 45.3. The molecule has 0 nitrogen and oxygen atoms in total. The van der Waals surface area contributed by atoms with E-state index in [9.17, 15) is 0 Å². The summed E-state index contributed by atoms with van der Waals surface area (Å²) in [6, 6.07) is 125. The molecule has 0 bridgehead atoms. The Balaban J connectivity index is 0.0000000833. The molecule has 0 heteroatoms. The van der Waals surface area contributed by atoms with Crippen LogP contribution in [0, 0.1) is 34.6 Å². The Morgan fingerprint density at radius 1 is 0.136 bits per heavy atom. The van der Waals surface area contributed by atoms with Crippen LogP contribution < -0.4 is 0 Å². The van der Waals surface area contributed by atoms with Crippen LogP contribution in [0.2, 0.25) is 0 Å². The molecule has 125 heavy (non-hydrogen) atoms. The molecule has 0 aromatic heterocycles. The van der Waals surface area contributed by atoms with Gasteiger partial charge in [-0.1, -0.05) is 350 Å². The van der Waals surface area contributed by atoms with Crippen molar-refractivity contribution in [1.82, 2.24) is 0 Å². The molecule has 10 aliphatic carbocycles. The minimum atomic E-state index is 1.07. The van der Waals surface area contributed by atoms with Crippen molar-refractivity contribution in [1.29, 1.82) is 0 Å². The second-order valence-corrected chi connectivity index (χ2v) is 37.2. The van der Waals surface area contributed by atoms with Crippen molar-refractivity contribution in [3.05, 3.63) is 473 Å². The Bertz CT molecular complexity index is 8180. The number of hydrogen-bond acceptors (Lipinski definition) is 0. The Labute approximate surface area is 731 Å². The van der Waals surface area contributed by atoms with Gasteiger partial charge in [-0.15, -0.1) is 0 Å². The highest BCUT2D eigenvalue weighted by atomic mass is 14.4. The quantitative estimate of drug-likeness (QED) is 0.142. The van der Waals surface area contributed by atoms with Gasteiger partial charge < -0.3 is 0 Å². The zero-order valence-electron chi connectivity index (χ0n) is 71.3. The van der Waals surface area contributed by atoms with Crippen molar-refractivity contribution in [2.45, 2.75) is 98.8 Å². The SMILES string of the molecule is Cc1cc2c(c3ccccc13)-c1ccc3c(c1C2)Cc1ccccc1-3.Cc1ccc2c(c1)Cc1c-2ccc2c1Cc1c-2ccc2ccccc12.Cc1ccc2c(c1)Cc1c-2ccc2c1Cc1cc3ccccc3cc1-2.Cc1ccc2c(c1)Cc1c-2ccc2c1Cc1ccc3ccccc3c1-2.Cc1ccc2c3c(ccc2c1)-c1ccc2c(c1C3)Cc1ccccc1-2. The summed E-state index contributed by atoms with van der Waals surface area (Å²) in [4.78, 5) is 0. The molecule has 0 unspecified atom stereocenters. The molecule has 0 radical (unpaired) electrons. The van der Waals surface area contributed by atoms with Gasteiger partial charge in [0, 0.05) is 0 Å². The minimum Gasteiger partial charge on any atom is -0.0619 e. The predicted molar refractivity (Wildman–Crippen MR) is 526 cm³/mol. The van der Waals surface area contributed by atoms with E-state index in [2.05, 4.69) is 368 Å². The summed E-state index contributed by atoms with van der Waals surface area (Å²) in [6.45, 7) is 11.0. The third-order valence-electron chi connectivity index (χ3n) is 30.1. The third kappa shape index (κ3) is 11.3. The van der Waals surface area contributed by atoms with Gasteiger partial charge in [0.05, 0.1) is 0 Å². The van der Waals surface area contributed by atoms with E-state index in [-0.39, 0.29) is 0 Å². The van der Waals surface area contributed by atoms with Crippen LogP contribution in [0.4, 0.5) is 0 Å². The number of hydrogen-bond donors (Lipinski definition) is 0. The van der Waals surface area contributed by atoms with Crippen molar-refractivity contribution in [2.75, 3.05) is 0 Å². The molecule has 0 saturated carbocycles. The van der Waals surface area contributed by atoms with E-state index in [1.807, 2.05) is 0 Å². The van der Waals surface area contributed by atoms with E-state index in [0.717, 1.165) is 64.2 Å². The van der Waals surface area contributed by atoms with Crippen LogP contribution in [-0.2, 0) is 64.2 Å². The van der Waals surface area contributed by atoms with Crippen LogP contribution in [-0.4, -0.2) is 0 Å². The number of rotatable bonds is 0. The van der Waals surface area contributed by atoms with E-state index in [0.29, 0.717) is 0 Å². The Kier molecular flexibility index (Phi) is 16.1. The summed E-state index contributed by atoms with van der Waals surface area (Å²) in [6.07, 6.45) is 10.8. The monoisotopic (exact) mass is 1590 g/mol. The summed E-state index contributed by atoms with van der Waals surface area (Å²) in [7, 11) is 0. The first-order valence-electron chi connectivity index (χ1n) is 45.3. The van der Waals surface area contributed by atoms with Crippen molar-refractivity contribution in [2.24, 2.45) is 0 Å².